The molecule has 2 aromatic carbocycles. The van der Waals surface area contributed by atoms with Crippen molar-refractivity contribution in [2.24, 2.45) is 5.73 Å². The van der Waals surface area contributed by atoms with Crippen molar-refractivity contribution in [3.63, 3.8) is 0 Å². The number of aromatic amines is 1. The summed E-state index contributed by atoms with van der Waals surface area (Å²) in [6.45, 7) is -0.288. The second-order valence-electron chi connectivity index (χ2n) is 7.10. The summed E-state index contributed by atoms with van der Waals surface area (Å²) in [5.74, 6) is -1.56. The van der Waals surface area contributed by atoms with Gasteiger partial charge in [-0.15, -0.1) is 0 Å². The lowest BCUT2D eigenvalue weighted by molar-refractivity contribution is -0.146. The van der Waals surface area contributed by atoms with Gasteiger partial charge in [0.1, 0.15) is 12.6 Å². The first-order valence-electron chi connectivity index (χ1n) is 9.68. The van der Waals surface area contributed by atoms with Crippen LogP contribution in [0.1, 0.15) is 26.3 Å². The number of carbonyl (C=O) groups excluding carboxylic acids is 4. The van der Waals surface area contributed by atoms with Crippen LogP contribution in [0.2, 0.25) is 0 Å². The lowest BCUT2D eigenvalue weighted by atomic mass is 10.1. The monoisotopic (exact) mass is 420 g/mol. The van der Waals surface area contributed by atoms with Crippen LogP contribution in [0.15, 0.2) is 54.7 Å². The van der Waals surface area contributed by atoms with Crippen molar-refractivity contribution >= 4 is 34.7 Å². The number of fused-ring (bicyclic) bond motifs is 2. The average Bonchev–Trinajstić information content (AvgIpc) is 3.27. The fourth-order valence-corrected chi connectivity index (χ4v) is 3.67. The third-order valence-electron chi connectivity index (χ3n) is 5.14. The summed E-state index contributed by atoms with van der Waals surface area (Å²) in [6, 6.07) is 12.2. The number of imide groups is 1. The third-order valence-corrected chi connectivity index (χ3v) is 5.14. The van der Waals surface area contributed by atoms with Crippen LogP contribution in [0, 0.1) is 0 Å². The minimum atomic E-state index is -1.01. The highest BCUT2D eigenvalue weighted by Gasteiger charge is 2.35. The van der Waals surface area contributed by atoms with Crippen LogP contribution in [0.5, 0.6) is 0 Å². The number of aromatic nitrogens is 1. The summed E-state index contributed by atoms with van der Waals surface area (Å²) in [4.78, 5) is 52.9. The standard InChI is InChI=1S/C22H20N4O5/c23-22(30)25-18(11-13-12-24-17-8-4-3-5-14(13)17)21(29)31-10-9-26-19(27)15-6-1-2-7-16(15)20(26)28/h1-8,12,18,24H,9-11H2,(H3,23,25,30)/t18-/m0/s1. The van der Waals surface area contributed by atoms with Crippen molar-refractivity contribution in [1.29, 1.82) is 0 Å². The molecule has 0 spiro atoms. The van der Waals surface area contributed by atoms with Crippen LogP contribution in [0.3, 0.4) is 0 Å². The number of urea groups is 1. The second kappa shape index (κ2) is 8.31. The van der Waals surface area contributed by atoms with Gasteiger partial charge in [0.2, 0.25) is 0 Å². The Morgan fingerprint density at radius 3 is 2.35 bits per heavy atom. The fraction of sp³-hybridized carbons (Fsp3) is 0.182. The molecule has 158 valence electrons. The van der Waals surface area contributed by atoms with Gasteiger partial charge in [-0.2, -0.15) is 0 Å². The highest BCUT2D eigenvalue weighted by Crippen LogP contribution is 2.22. The van der Waals surface area contributed by atoms with Crippen molar-refractivity contribution in [3.8, 4) is 0 Å². The Balaban J connectivity index is 1.40. The molecule has 0 bridgehead atoms. The molecule has 31 heavy (non-hydrogen) atoms. The minimum Gasteiger partial charge on any atom is -0.462 e. The maximum Gasteiger partial charge on any atom is 0.329 e. The molecular weight excluding hydrogens is 400 g/mol. The van der Waals surface area contributed by atoms with E-state index >= 15 is 0 Å². The SMILES string of the molecule is NC(=O)N[C@@H](Cc1c[nH]c2ccccc12)C(=O)OCCN1C(=O)c2ccccc2C1=O. The number of nitrogens with one attached hydrogen (secondary N) is 2. The van der Waals surface area contributed by atoms with E-state index in [1.165, 1.54) is 0 Å². The van der Waals surface area contributed by atoms with Gasteiger partial charge in [-0.25, -0.2) is 9.59 Å². The molecule has 4 rings (SSSR count). The topological polar surface area (TPSA) is 135 Å². The largest absolute Gasteiger partial charge is 0.462 e. The normalized spacial score (nSPS) is 13.9. The number of benzene rings is 2. The molecule has 2 heterocycles. The van der Waals surface area contributed by atoms with E-state index in [1.807, 2.05) is 24.3 Å². The Morgan fingerprint density at radius 1 is 1.03 bits per heavy atom. The first-order chi connectivity index (χ1) is 15.0. The van der Waals surface area contributed by atoms with Crippen molar-refractivity contribution in [1.82, 2.24) is 15.2 Å². The Kier molecular flexibility index (Phi) is 5.40. The molecular formula is C22H20N4O5. The number of nitrogens with two attached hydrogens (primary N) is 1. The van der Waals surface area contributed by atoms with E-state index in [-0.39, 0.29) is 19.6 Å². The Labute approximate surface area is 177 Å². The number of nitrogens with zero attached hydrogens (tertiary/aromatic N) is 1. The van der Waals surface area contributed by atoms with Gasteiger partial charge in [0.25, 0.3) is 11.8 Å². The number of esters is 1. The number of H-pyrrole nitrogens is 1. The van der Waals surface area contributed by atoms with Crippen LogP contribution in [-0.4, -0.2) is 52.9 Å². The summed E-state index contributed by atoms with van der Waals surface area (Å²) in [5, 5.41) is 3.31. The summed E-state index contributed by atoms with van der Waals surface area (Å²) in [5.41, 5.74) is 7.58. The summed E-state index contributed by atoms with van der Waals surface area (Å²) < 4.78 is 5.26. The highest BCUT2D eigenvalue weighted by molar-refractivity contribution is 6.21. The fourth-order valence-electron chi connectivity index (χ4n) is 3.67. The molecule has 4 N–H and O–H groups in total. The van der Waals surface area contributed by atoms with Gasteiger partial charge >= 0.3 is 12.0 Å². The molecule has 1 aliphatic heterocycles. The molecule has 4 amide bonds. The van der Waals surface area contributed by atoms with E-state index in [9.17, 15) is 19.2 Å². The molecule has 3 aromatic rings. The molecule has 0 unspecified atom stereocenters. The Morgan fingerprint density at radius 2 is 1.68 bits per heavy atom. The summed E-state index contributed by atoms with van der Waals surface area (Å²) in [7, 11) is 0. The van der Waals surface area contributed by atoms with E-state index in [2.05, 4.69) is 10.3 Å². The molecule has 9 nitrogen and oxygen atoms in total. The number of ether oxygens (including phenoxy) is 1. The number of primary amides is 1. The summed E-state index contributed by atoms with van der Waals surface area (Å²) >= 11 is 0. The molecule has 0 aliphatic carbocycles. The first-order valence-corrected chi connectivity index (χ1v) is 9.68. The number of carbonyl (C=O) groups is 4. The zero-order valence-electron chi connectivity index (χ0n) is 16.5. The quantitative estimate of drug-likeness (QED) is 0.394. The second-order valence-corrected chi connectivity index (χ2v) is 7.10. The van der Waals surface area contributed by atoms with E-state index < -0.39 is 29.9 Å². The zero-order valence-corrected chi connectivity index (χ0v) is 16.5. The van der Waals surface area contributed by atoms with Crippen LogP contribution < -0.4 is 11.1 Å². The Hall–Kier alpha value is -4.14. The third kappa shape index (κ3) is 3.97. The van der Waals surface area contributed by atoms with Crippen molar-refractivity contribution in [3.05, 3.63) is 71.4 Å². The minimum absolute atomic E-state index is 0.0888. The van der Waals surface area contributed by atoms with Gasteiger partial charge in [-0.1, -0.05) is 30.3 Å². The number of hydrogen-bond acceptors (Lipinski definition) is 5. The molecule has 1 aliphatic rings. The van der Waals surface area contributed by atoms with E-state index in [0.29, 0.717) is 11.1 Å². The van der Waals surface area contributed by atoms with Crippen molar-refractivity contribution in [2.45, 2.75) is 12.5 Å². The van der Waals surface area contributed by atoms with Crippen LogP contribution in [0.25, 0.3) is 10.9 Å². The van der Waals surface area contributed by atoms with Gasteiger partial charge < -0.3 is 20.8 Å². The van der Waals surface area contributed by atoms with Gasteiger partial charge in [0, 0.05) is 23.5 Å². The Bertz CT molecular complexity index is 1150. The predicted molar refractivity (Wildman–Crippen MR) is 111 cm³/mol. The van der Waals surface area contributed by atoms with Gasteiger partial charge in [-0.05, 0) is 23.8 Å². The molecule has 0 saturated heterocycles. The maximum atomic E-state index is 12.6. The van der Waals surface area contributed by atoms with Gasteiger partial charge in [-0.3, -0.25) is 14.5 Å². The summed E-state index contributed by atoms with van der Waals surface area (Å²) in [6.07, 6.45) is 1.92. The smallest absolute Gasteiger partial charge is 0.329 e. The molecule has 1 aromatic heterocycles. The van der Waals surface area contributed by atoms with E-state index in [4.69, 9.17) is 10.5 Å². The van der Waals surface area contributed by atoms with Crippen LogP contribution >= 0.6 is 0 Å². The predicted octanol–water partition coefficient (Wildman–Crippen LogP) is 1.59. The van der Waals surface area contributed by atoms with Crippen molar-refractivity contribution in [2.75, 3.05) is 13.2 Å². The zero-order chi connectivity index (χ0) is 22.0. The van der Waals surface area contributed by atoms with Crippen LogP contribution in [0.4, 0.5) is 4.79 Å². The number of rotatable bonds is 7. The number of para-hydroxylation sites is 1. The van der Waals surface area contributed by atoms with Crippen LogP contribution in [-0.2, 0) is 16.0 Å². The van der Waals surface area contributed by atoms with E-state index in [0.717, 1.165) is 21.4 Å². The molecule has 0 saturated carbocycles. The van der Waals surface area contributed by atoms with E-state index in [1.54, 1.807) is 30.5 Å². The molecule has 9 heteroatoms. The van der Waals surface area contributed by atoms with Gasteiger partial charge in [0.15, 0.2) is 0 Å². The maximum absolute atomic E-state index is 12.6. The number of amides is 4. The highest BCUT2D eigenvalue weighted by atomic mass is 16.5. The molecule has 0 radical (unpaired) electrons. The average molecular weight is 420 g/mol. The lowest BCUT2D eigenvalue weighted by Crippen LogP contribution is -2.46. The lowest BCUT2D eigenvalue weighted by Gasteiger charge is -2.18. The van der Waals surface area contributed by atoms with Gasteiger partial charge in [0.05, 0.1) is 17.7 Å². The first kappa shape index (κ1) is 20.1. The molecule has 0 fully saturated rings. The van der Waals surface area contributed by atoms with Crippen molar-refractivity contribution < 1.29 is 23.9 Å². The number of hydrogen-bond donors (Lipinski definition) is 3. The molecule has 1 atom stereocenters.